The lowest BCUT2D eigenvalue weighted by Gasteiger charge is -2.03. The van der Waals surface area contributed by atoms with E-state index < -0.39 is 11.9 Å². The first kappa shape index (κ1) is 10.0. The third-order valence-electron chi connectivity index (χ3n) is 1.65. The molecule has 0 aliphatic rings. The molecule has 2 N–H and O–H groups in total. The van der Waals surface area contributed by atoms with E-state index in [9.17, 15) is 13.2 Å². The Morgan fingerprint density at radius 3 is 2.46 bits per heavy atom. The Balaban J connectivity index is 3.11. The zero-order valence-corrected chi connectivity index (χ0v) is 7.10. The minimum atomic E-state index is -4.41. The van der Waals surface area contributed by atoms with Crippen molar-refractivity contribution in [1.29, 1.82) is 0 Å². The van der Waals surface area contributed by atoms with Crippen molar-refractivity contribution < 1.29 is 13.2 Å². The van der Waals surface area contributed by atoms with Crippen LogP contribution >= 0.6 is 0 Å². The van der Waals surface area contributed by atoms with E-state index in [-0.39, 0.29) is 12.1 Å². The summed E-state index contributed by atoms with van der Waals surface area (Å²) < 4.78 is 38.0. The van der Waals surface area contributed by atoms with Crippen LogP contribution in [0.3, 0.4) is 0 Å². The molecule has 0 saturated carbocycles. The number of nitrogens with zero attached hydrogens (tertiary/aromatic N) is 2. The van der Waals surface area contributed by atoms with Crippen LogP contribution < -0.4 is 5.73 Å². The minimum Gasteiger partial charge on any atom is -0.326 e. The number of alkyl halides is 3. The second-order valence-corrected chi connectivity index (χ2v) is 2.56. The Morgan fingerprint density at radius 2 is 2.15 bits per heavy atom. The molecule has 6 heteroatoms. The fraction of sp³-hybridized carbons (Fsp3) is 0.571. The van der Waals surface area contributed by atoms with Crippen molar-refractivity contribution >= 4 is 0 Å². The highest BCUT2D eigenvalue weighted by atomic mass is 19.4. The molecule has 0 radical (unpaired) electrons. The fourth-order valence-corrected chi connectivity index (χ4v) is 1.01. The summed E-state index contributed by atoms with van der Waals surface area (Å²) in [5.41, 5.74) is 4.32. The third kappa shape index (κ3) is 2.00. The molecule has 74 valence electrons. The molecule has 0 saturated heterocycles. The smallest absolute Gasteiger partial charge is 0.326 e. The molecule has 0 amide bonds. The van der Waals surface area contributed by atoms with Crippen molar-refractivity contribution in [3.8, 4) is 0 Å². The lowest BCUT2D eigenvalue weighted by molar-refractivity contribution is -0.142. The van der Waals surface area contributed by atoms with Crippen molar-refractivity contribution in [3.05, 3.63) is 17.5 Å². The highest BCUT2D eigenvalue weighted by Crippen LogP contribution is 2.30. The van der Waals surface area contributed by atoms with E-state index in [0.29, 0.717) is 6.54 Å². The average Bonchev–Trinajstić information content (AvgIpc) is 2.46. The molecule has 1 aromatic heterocycles. The zero-order chi connectivity index (χ0) is 10.1. The Labute approximate surface area is 73.3 Å². The van der Waals surface area contributed by atoms with E-state index in [1.54, 1.807) is 6.92 Å². The molecule has 1 rings (SSSR count). The highest BCUT2D eigenvalue weighted by Gasteiger charge is 2.36. The monoisotopic (exact) mass is 193 g/mol. The molecule has 0 aliphatic heterocycles. The molecule has 0 aliphatic carbocycles. The van der Waals surface area contributed by atoms with Crippen LogP contribution in [-0.2, 0) is 19.3 Å². The van der Waals surface area contributed by atoms with E-state index in [2.05, 4.69) is 5.10 Å². The van der Waals surface area contributed by atoms with Gasteiger partial charge in [-0.3, -0.25) is 4.68 Å². The molecular formula is C7H10F3N3. The van der Waals surface area contributed by atoms with Gasteiger partial charge in [0.05, 0.1) is 0 Å². The second kappa shape index (κ2) is 3.37. The van der Waals surface area contributed by atoms with Crippen molar-refractivity contribution in [1.82, 2.24) is 9.78 Å². The molecule has 0 aromatic carbocycles. The van der Waals surface area contributed by atoms with Gasteiger partial charge in [-0.25, -0.2) is 0 Å². The van der Waals surface area contributed by atoms with Crippen molar-refractivity contribution in [2.45, 2.75) is 26.2 Å². The lowest BCUT2D eigenvalue weighted by Crippen LogP contribution is -2.11. The Kier molecular flexibility index (Phi) is 2.60. The topological polar surface area (TPSA) is 43.8 Å². The second-order valence-electron chi connectivity index (χ2n) is 2.56. The normalized spacial score (nSPS) is 12.1. The molecule has 0 unspecified atom stereocenters. The first-order chi connectivity index (χ1) is 5.99. The highest BCUT2D eigenvalue weighted by molar-refractivity contribution is 5.19. The van der Waals surface area contributed by atoms with Gasteiger partial charge in [-0.15, -0.1) is 0 Å². The van der Waals surface area contributed by atoms with Crippen LogP contribution in [0.25, 0.3) is 0 Å². The van der Waals surface area contributed by atoms with Gasteiger partial charge in [0.1, 0.15) is 0 Å². The van der Waals surface area contributed by atoms with Gasteiger partial charge >= 0.3 is 6.18 Å². The number of hydrogen-bond acceptors (Lipinski definition) is 2. The molecular weight excluding hydrogens is 183 g/mol. The van der Waals surface area contributed by atoms with Crippen LogP contribution in [0.5, 0.6) is 0 Å². The van der Waals surface area contributed by atoms with Gasteiger partial charge in [0, 0.05) is 24.8 Å². The first-order valence-corrected chi connectivity index (χ1v) is 3.82. The Hall–Kier alpha value is -1.04. The number of halogens is 3. The maximum absolute atomic E-state index is 12.3. The lowest BCUT2D eigenvalue weighted by atomic mass is 10.2. The Morgan fingerprint density at radius 1 is 1.54 bits per heavy atom. The average molecular weight is 193 g/mol. The van der Waals surface area contributed by atoms with Crippen LogP contribution in [0.4, 0.5) is 13.2 Å². The van der Waals surface area contributed by atoms with E-state index in [1.165, 1.54) is 10.9 Å². The Bertz CT molecular complexity index is 290. The van der Waals surface area contributed by atoms with E-state index in [1.807, 2.05) is 0 Å². The molecule has 1 aromatic rings. The van der Waals surface area contributed by atoms with Gasteiger partial charge < -0.3 is 5.73 Å². The summed E-state index contributed by atoms with van der Waals surface area (Å²) in [4.78, 5) is 0. The van der Waals surface area contributed by atoms with Gasteiger partial charge in [-0.1, -0.05) is 0 Å². The summed E-state index contributed by atoms with van der Waals surface area (Å²) in [6.45, 7) is 1.98. The molecule has 0 bridgehead atoms. The number of aryl methyl sites for hydroxylation is 1. The van der Waals surface area contributed by atoms with Crippen LogP contribution in [0.15, 0.2) is 6.20 Å². The molecule has 13 heavy (non-hydrogen) atoms. The van der Waals surface area contributed by atoms with Gasteiger partial charge in [0.15, 0.2) is 5.69 Å². The number of aromatic nitrogens is 2. The predicted molar refractivity (Wildman–Crippen MR) is 40.8 cm³/mol. The minimum absolute atomic E-state index is 0.0364. The van der Waals surface area contributed by atoms with Gasteiger partial charge in [0.25, 0.3) is 0 Å². The molecule has 1 heterocycles. The van der Waals surface area contributed by atoms with Crippen LogP contribution in [0, 0.1) is 0 Å². The first-order valence-electron chi connectivity index (χ1n) is 3.82. The number of hydrogen-bond donors (Lipinski definition) is 1. The summed E-state index contributed by atoms with van der Waals surface area (Å²) in [5, 5.41) is 3.38. The third-order valence-corrected chi connectivity index (χ3v) is 1.65. The predicted octanol–water partition coefficient (Wildman–Crippen LogP) is 1.38. The summed E-state index contributed by atoms with van der Waals surface area (Å²) in [6.07, 6.45) is -3.09. The molecule has 3 nitrogen and oxygen atoms in total. The van der Waals surface area contributed by atoms with Gasteiger partial charge in [-0.05, 0) is 6.92 Å². The van der Waals surface area contributed by atoms with E-state index in [0.717, 1.165) is 0 Å². The van der Waals surface area contributed by atoms with Gasteiger partial charge in [0.2, 0.25) is 0 Å². The molecule has 0 atom stereocenters. The van der Waals surface area contributed by atoms with Gasteiger partial charge in [-0.2, -0.15) is 18.3 Å². The largest absolute Gasteiger partial charge is 0.435 e. The number of nitrogens with two attached hydrogens (primary N) is 1. The standard InChI is InChI=1S/C7H10F3N3/c1-2-13-4-5(3-11)6(12-13)7(8,9)10/h4H,2-3,11H2,1H3. The van der Waals surface area contributed by atoms with Crippen molar-refractivity contribution in [2.75, 3.05) is 0 Å². The zero-order valence-electron chi connectivity index (χ0n) is 7.10. The fourth-order valence-electron chi connectivity index (χ4n) is 1.01. The summed E-state index contributed by atoms with van der Waals surface area (Å²) in [6, 6.07) is 0. The van der Waals surface area contributed by atoms with Crippen LogP contribution in [-0.4, -0.2) is 9.78 Å². The van der Waals surface area contributed by atoms with Crippen LogP contribution in [0.2, 0.25) is 0 Å². The van der Waals surface area contributed by atoms with E-state index >= 15 is 0 Å². The quantitative estimate of drug-likeness (QED) is 0.771. The maximum Gasteiger partial charge on any atom is 0.435 e. The SMILES string of the molecule is CCn1cc(CN)c(C(F)(F)F)n1. The molecule has 0 fully saturated rings. The molecule has 0 spiro atoms. The van der Waals surface area contributed by atoms with Crippen molar-refractivity contribution in [3.63, 3.8) is 0 Å². The summed E-state index contributed by atoms with van der Waals surface area (Å²) >= 11 is 0. The number of rotatable bonds is 2. The van der Waals surface area contributed by atoms with Crippen molar-refractivity contribution in [2.24, 2.45) is 5.73 Å². The van der Waals surface area contributed by atoms with Crippen LogP contribution in [0.1, 0.15) is 18.2 Å². The maximum atomic E-state index is 12.3. The summed E-state index contributed by atoms with van der Waals surface area (Å²) in [5.74, 6) is 0. The van der Waals surface area contributed by atoms with E-state index in [4.69, 9.17) is 5.73 Å². The summed E-state index contributed by atoms with van der Waals surface area (Å²) in [7, 11) is 0.